The third-order valence-electron chi connectivity index (χ3n) is 3.12. The van der Waals surface area contributed by atoms with Crippen LogP contribution in [0.1, 0.15) is 15.9 Å². The molecule has 0 radical (unpaired) electrons. The molecule has 0 aliphatic heterocycles. The van der Waals surface area contributed by atoms with Crippen molar-refractivity contribution in [3.63, 3.8) is 0 Å². The number of anilines is 1. The summed E-state index contributed by atoms with van der Waals surface area (Å²) < 4.78 is 12.8. The highest BCUT2D eigenvalue weighted by atomic mass is 19.1. The van der Waals surface area contributed by atoms with Crippen molar-refractivity contribution in [2.24, 2.45) is 5.73 Å². The highest BCUT2D eigenvalue weighted by Gasteiger charge is 2.16. The minimum Gasteiger partial charge on any atom is -0.379 e. The molecule has 0 aliphatic carbocycles. The Balaban J connectivity index is 2.07. The predicted molar refractivity (Wildman–Crippen MR) is 80.2 cm³/mol. The summed E-state index contributed by atoms with van der Waals surface area (Å²) in [6.45, 7) is 0.433. The number of hydrogen-bond donors (Lipinski definition) is 2. The van der Waals surface area contributed by atoms with E-state index >= 15 is 0 Å². The van der Waals surface area contributed by atoms with Crippen LogP contribution in [0.25, 0.3) is 0 Å². The Morgan fingerprint density at radius 3 is 2.50 bits per heavy atom. The van der Waals surface area contributed by atoms with E-state index in [1.165, 1.54) is 24.3 Å². The van der Waals surface area contributed by atoms with Gasteiger partial charge in [0.05, 0.1) is 4.92 Å². The number of nitro benzene ring substituents is 1. The van der Waals surface area contributed by atoms with Crippen molar-refractivity contribution < 1.29 is 14.1 Å². The second-order valence-electron chi connectivity index (χ2n) is 4.66. The largest absolute Gasteiger partial charge is 0.379 e. The number of nitrogens with one attached hydrogen (secondary N) is 1. The molecule has 0 fully saturated rings. The fraction of sp³-hybridized carbons (Fsp3) is 0.133. The zero-order valence-electron chi connectivity index (χ0n) is 11.6. The minimum absolute atomic E-state index is 0.0794. The van der Waals surface area contributed by atoms with Gasteiger partial charge >= 0.3 is 0 Å². The molecule has 0 saturated carbocycles. The number of carbonyl (C=O) groups excluding carboxylic acids is 1. The summed E-state index contributed by atoms with van der Waals surface area (Å²) in [5, 5.41) is 14.0. The van der Waals surface area contributed by atoms with Gasteiger partial charge in [0, 0.05) is 18.2 Å². The zero-order chi connectivity index (χ0) is 16.1. The van der Waals surface area contributed by atoms with Crippen LogP contribution in [0.15, 0.2) is 42.5 Å². The Labute approximate surface area is 125 Å². The Hall–Kier alpha value is -2.96. The molecule has 114 valence electrons. The average molecular weight is 303 g/mol. The van der Waals surface area contributed by atoms with Gasteiger partial charge in [-0.05, 0) is 36.2 Å². The van der Waals surface area contributed by atoms with E-state index in [2.05, 4.69) is 5.32 Å². The van der Waals surface area contributed by atoms with Crippen LogP contribution < -0.4 is 11.1 Å². The number of amides is 1. The van der Waals surface area contributed by atoms with Crippen LogP contribution >= 0.6 is 0 Å². The summed E-state index contributed by atoms with van der Waals surface area (Å²) in [7, 11) is 0. The number of nitrogens with zero attached hydrogens (tertiary/aromatic N) is 1. The summed E-state index contributed by atoms with van der Waals surface area (Å²) in [6, 6.07) is 10.0. The molecular weight excluding hydrogens is 289 g/mol. The van der Waals surface area contributed by atoms with Gasteiger partial charge in [-0.1, -0.05) is 12.1 Å². The van der Waals surface area contributed by atoms with Crippen LogP contribution in [0.3, 0.4) is 0 Å². The molecule has 1 amide bonds. The summed E-state index contributed by atoms with van der Waals surface area (Å²) in [5.41, 5.74) is 6.19. The van der Waals surface area contributed by atoms with Gasteiger partial charge in [-0.2, -0.15) is 0 Å². The molecule has 22 heavy (non-hydrogen) atoms. The van der Waals surface area contributed by atoms with Gasteiger partial charge in [-0.15, -0.1) is 0 Å². The molecule has 0 aliphatic rings. The first kappa shape index (κ1) is 15.4. The van der Waals surface area contributed by atoms with Crippen molar-refractivity contribution >= 4 is 17.3 Å². The monoisotopic (exact) mass is 303 g/mol. The van der Waals surface area contributed by atoms with E-state index in [1.807, 2.05) is 0 Å². The van der Waals surface area contributed by atoms with Gasteiger partial charge in [0.25, 0.3) is 5.69 Å². The van der Waals surface area contributed by atoms with Gasteiger partial charge in [-0.25, -0.2) is 4.39 Å². The summed E-state index contributed by atoms with van der Waals surface area (Å²) in [6.07, 6.45) is 0.578. The summed E-state index contributed by atoms with van der Waals surface area (Å²) >= 11 is 0. The molecule has 0 atom stereocenters. The molecule has 7 heteroatoms. The van der Waals surface area contributed by atoms with Crippen molar-refractivity contribution in [1.82, 2.24) is 0 Å². The molecule has 2 aromatic rings. The van der Waals surface area contributed by atoms with Crippen LogP contribution in [-0.2, 0) is 6.42 Å². The molecule has 0 saturated heterocycles. The number of halogens is 1. The number of benzene rings is 2. The fourth-order valence-electron chi connectivity index (χ4n) is 1.98. The standard InChI is InChI=1S/C15H14FN3O3/c16-12-4-1-10(2-5-12)7-8-18-13-6-3-11(15(17)20)9-14(13)19(21)22/h1-6,9,18H,7-8H2,(H2,17,20). The van der Waals surface area contributed by atoms with E-state index in [9.17, 15) is 19.3 Å². The van der Waals surface area contributed by atoms with Crippen molar-refractivity contribution in [1.29, 1.82) is 0 Å². The lowest BCUT2D eigenvalue weighted by Crippen LogP contribution is -2.12. The Kier molecular flexibility index (Phi) is 4.67. The normalized spacial score (nSPS) is 10.2. The first-order chi connectivity index (χ1) is 10.5. The Bertz CT molecular complexity index is 702. The van der Waals surface area contributed by atoms with E-state index in [-0.39, 0.29) is 17.1 Å². The van der Waals surface area contributed by atoms with Crippen LogP contribution in [0.5, 0.6) is 0 Å². The Morgan fingerprint density at radius 2 is 1.91 bits per heavy atom. The maximum atomic E-state index is 12.8. The lowest BCUT2D eigenvalue weighted by Gasteiger charge is -2.08. The molecule has 2 rings (SSSR count). The van der Waals surface area contributed by atoms with Crippen molar-refractivity contribution in [3.8, 4) is 0 Å². The highest BCUT2D eigenvalue weighted by molar-refractivity contribution is 5.94. The molecule has 6 nitrogen and oxygen atoms in total. The molecule has 0 heterocycles. The van der Waals surface area contributed by atoms with Crippen LogP contribution in [0.4, 0.5) is 15.8 Å². The topological polar surface area (TPSA) is 98.3 Å². The van der Waals surface area contributed by atoms with E-state index < -0.39 is 10.8 Å². The second-order valence-corrected chi connectivity index (χ2v) is 4.66. The maximum Gasteiger partial charge on any atom is 0.293 e. The number of nitro groups is 1. The maximum absolute atomic E-state index is 12.8. The van der Waals surface area contributed by atoms with Gasteiger partial charge in [-0.3, -0.25) is 14.9 Å². The fourth-order valence-corrected chi connectivity index (χ4v) is 1.98. The minimum atomic E-state index is -0.721. The lowest BCUT2D eigenvalue weighted by molar-refractivity contribution is -0.384. The molecule has 0 aromatic heterocycles. The molecule has 2 aromatic carbocycles. The van der Waals surface area contributed by atoms with Crippen LogP contribution in [0, 0.1) is 15.9 Å². The number of primary amides is 1. The number of hydrogen-bond acceptors (Lipinski definition) is 4. The SMILES string of the molecule is NC(=O)c1ccc(NCCc2ccc(F)cc2)c([N+](=O)[O-])c1. The summed E-state index contributed by atoms with van der Waals surface area (Å²) in [4.78, 5) is 21.5. The quantitative estimate of drug-likeness (QED) is 0.632. The predicted octanol–water partition coefficient (Wildman–Crippen LogP) is 2.49. The zero-order valence-corrected chi connectivity index (χ0v) is 11.6. The van der Waals surface area contributed by atoms with Crippen molar-refractivity contribution in [2.75, 3.05) is 11.9 Å². The van der Waals surface area contributed by atoms with Gasteiger partial charge in [0.1, 0.15) is 11.5 Å². The molecular formula is C15H14FN3O3. The highest BCUT2D eigenvalue weighted by Crippen LogP contribution is 2.25. The average Bonchev–Trinajstić information content (AvgIpc) is 2.49. The van der Waals surface area contributed by atoms with Crippen molar-refractivity contribution in [2.45, 2.75) is 6.42 Å². The van der Waals surface area contributed by atoms with Gasteiger partial charge in [0.2, 0.25) is 5.91 Å². The Morgan fingerprint density at radius 1 is 1.23 bits per heavy atom. The van der Waals surface area contributed by atoms with E-state index in [0.717, 1.165) is 11.6 Å². The second kappa shape index (κ2) is 6.66. The molecule has 0 spiro atoms. The molecule has 0 unspecified atom stereocenters. The van der Waals surface area contributed by atoms with Crippen molar-refractivity contribution in [3.05, 3.63) is 69.5 Å². The van der Waals surface area contributed by atoms with Crippen LogP contribution in [0.2, 0.25) is 0 Å². The number of nitrogens with two attached hydrogens (primary N) is 1. The lowest BCUT2D eigenvalue weighted by atomic mass is 10.1. The first-order valence-corrected chi connectivity index (χ1v) is 6.54. The van der Waals surface area contributed by atoms with E-state index in [0.29, 0.717) is 18.7 Å². The smallest absolute Gasteiger partial charge is 0.293 e. The molecule has 3 N–H and O–H groups in total. The van der Waals surface area contributed by atoms with E-state index in [1.54, 1.807) is 12.1 Å². The van der Waals surface area contributed by atoms with Gasteiger partial charge < -0.3 is 11.1 Å². The van der Waals surface area contributed by atoms with Gasteiger partial charge in [0.15, 0.2) is 0 Å². The summed E-state index contributed by atoms with van der Waals surface area (Å²) in [5.74, 6) is -1.03. The first-order valence-electron chi connectivity index (χ1n) is 6.54. The number of carbonyl (C=O) groups is 1. The van der Waals surface area contributed by atoms with E-state index in [4.69, 9.17) is 5.73 Å². The third-order valence-corrected chi connectivity index (χ3v) is 3.12. The third kappa shape index (κ3) is 3.78. The molecule has 0 bridgehead atoms. The number of rotatable bonds is 6. The van der Waals surface area contributed by atoms with Crippen LogP contribution in [-0.4, -0.2) is 17.4 Å².